The number of aliphatic carboxylic acids is 1. The van der Waals surface area contributed by atoms with Gasteiger partial charge in [0.25, 0.3) is 5.91 Å². The Morgan fingerprint density at radius 2 is 1.89 bits per heavy atom. The van der Waals surface area contributed by atoms with Gasteiger partial charge in [0, 0.05) is 26.1 Å². The summed E-state index contributed by atoms with van der Waals surface area (Å²) >= 11 is 0. The van der Waals surface area contributed by atoms with Crippen LogP contribution in [-0.2, 0) is 14.3 Å². The Labute approximate surface area is 113 Å². The van der Waals surface area contributed by atoms with Crippen LogP contribution in [0, 0.1) is 5.92 Å². The molecule has 1 N–H and O–H groups in total. The van der Waals surface area contributed by atoms with Crippen molar-refractivity contribution in [3.8, 4) is 0 Å². The Morgan fingerprint density at radius 3 is 2.47 bits per heavy atom. The highest BCUT2D eigenvalue weighted by Gasteiger charge is 2.29. The summed E-state index contributed by atoms with van der Waals surface area (Å²) in [5.74, 6) is -0.141. The van der Waals surface area contributed by atoms with Crippen LogP contribution in [0.5, 0.6) is 0 Å². The fourth-order valence-corrected chi connectivity index (χ4v) is 2.91. The van der Waals surface area contributed by atoms with Crippen LogP contribution >= 0.6 is 0 Å². The molecule has 2 saturated heterocycles. The van der Waals surface area contributed by atoms with E-state index in [0.717, 1.165) is 51.6 Å². The molecule has 0 spiro atoms. The van der Waals surface area contributed by atoms with Gasteiger partial charge in [-0.3, -0.25) is 9.59 Å². The summed E-state index contributed by atoms with van der Waals surface area (Å²) in [5.41, 5.74) is 0. The minimum atomic E-state index is -0.728. The Balaban J connectivity index is 1.72. The summed E-state index contributed by atoms with van der Waals surface area (Å²) in [4.78, 5) is 24.7. The second kappa shape index (κ2) is 6.89. The largest absolute Gasteiger partial charge is 0.481 e. The van der Waals surface area contributed by atoms with Crippen molar-refractivity contribution in [2.24, 2.45) is 5.92 Å². The molecule has 0 aromatic carbocycles. The fourth-order valence-electron chi connectivity index (χ4n) is 2.91. The van der Waals surface area contributed by atoms with Gasteiger partial charge in [-0.1, -0.05) is 0 Å². The molecule has 2 fully saturated rings. The number of hydrogen-bond acceptors (Lipinski definition) is 3. The van der Waals surface area contributed by atoms with Gasteiger partial charge in [0.05, 0.1) is 0 Å². The number of carboxylic acids is 1. The first-order valence-electron chi connectivity index (χ1n) is 7.29. The van der Waals surface area contributed by atoms with E-state index in [-0.39, 0.29) is 18.4 Å². The molecule has 1 amide bonds. The van der Waals surface area contributed by atoms with E-state index in [1.807, 2.05) is 4.90 Å². The highest BCUT2D eigenvalue weighted by molar-refractivity contribution is 5.81. The number of carboxylic acid groups (broad SMARTS) is 1. The van der Waals surface area contributed by atoms with Crippen molar-refractivity contribution in [2.75, 3.05) is 19.7 Å². The standard InChI is InChI=1S/C14H23NO4/c16-13(17)5-4-11-6-8-15(9-7-11)14(18)12-3-1-2-10-19-12/h11-12H,1-10H2,(H,16,17). The van der Waals surface area contributed by atoms with Gasteiger partial charge in [0.2, 0.25) is 0 Å². The molecule has 2 aliphatic heterocycles. The molecule has 1 atom stereocenters. The van der Waals surface area contributed by atoms with Gasteiger partial charge in [0.1, 0.15) is 6.10 Å². The number of piperidine rings is 1. The Kier molecular flexibility index (Phi) is 5.19. The Bertz CT molecular complexity index is 317. The Hall–Kier alpha value is -1.10. The number of carbonyl (C=O) groups excluding carboxylic acids is 1. The van der Waals surface area contributed by atoms with Crippen LogP contribution in [0.15, 0.2) is 0 Å². The van der Waals surface area contributed by atoms with Crippen molar-refractivity contribution in [3.63, 3.8) is 0 Å². The number of nitrogens with zero attached hydrogens (tertiary/aromatic N) is 1. The van der Waals surface area contributed by atoms with Crippen molar-refractivity contribution >= 4 is 11.9 Å². The number of hydrogen-bond donors (Lipinski definition) is 1. The lowest BCUT2D eigenvalue weighted by Gasteiger charge is -2.35. The zero-order valence-corrected chi connectivity index (χ0v) is 11.3. The maximum atomic E-state index is 12.2. The number of rotatable bonds is 4. The maximum absolute atomic E-state index is 12.2. The lowest BCUT2D eigenvalue weighted by Crippen LogP contribution is -2.45. The number of amides is 1. The van der Waals surface area contributed by atoms with Crippen LogP contribution in [0.1, 0.15) is 44.9 Å². The van der Waals surface area contributed by atoms with Gasteiger partial charge in [-0.2, -0.15) is 0 Å². The summed E-state index contributed by atoms with van der Waals surface area (Å²) < 4.78 is 5.53. The smallest absolute Gasteiger partial charge is 0.303 e. The average Bonchev–Trinajstić information content (AvgIpc) is 2.46. The second-order valence-electron chi connectivity index (χ2n) is 5.56. The van der Waals surface area contributed by atoms with Crippen molar-refractivity contribution in [1.29, 1.82) is 0 Å². The first-order valence-corrected chi connectivity index (χ1v) is 7.29. The fraction of sp³-hybridized carbons (Fsp3) is 0.857. The molecule has 0 bridgehead atoms. The predicted molar refractivity (Wildman–Crippen MR) is 69.8 cm³/mol. The van der Waals surface area contributed by atoms with Crippen molar-refractivity contribution in [2.45, 2.75) is 51.0 Å². The van der Waals surface area contributed by atoms with E-state index in [4.69, 9.17) is 9.84 Å². The van der Waals surface area contributed by atoms with Crippen LogP contribution in [0.4, 0.5) is 0 Å². The number of carbonyl (C=O) groups is 2. The topological polar surface area (TPSA) is 66.8 Å². The van der Waals surface area contributed by atoms with E-state index in [9.17, 15) is 9.59 Å². The van der Waals surface area contributed by atoms with Crippen LogP contribution in [0.25, 0.3) is 0 Å². The van der Waals surface area contributed by atoms with Crippen molar-refractivity contribution in [3.05, 3.63) is 0 Å². The molecule has 2 rings (SSSR count). The second-order valence-corrected chi connectivity index (χ2v) is 5.56. The monoisotopic (exact) mass is 269 g/mol. The lowest BCUT2D eigenvalue weighted by molar-refractivity contribution is -0.148. The summed E-state index contributed by atoms with van der Waals surface area (Å²) in [5, 5.41) is 8.67. The molecule has 2 aliphatic rings. The van der Waals surface area contributed by atoms with Gasteiger partial charge in [-0.15, -0.1) is 0 Å². The minimum absolute atomic E-state index is 0.136. The molecule has 108 valence electrons. The summed E-state index contributed by atoms with van der Waals surface area (Å²) in [6.07, 6.45) is 5.56. The molecule has 0 radical (unpaired) electrons. The van der Waals surface area contributed by atoms with E-state index < -0.39 is 5.97 Å². The molecule has 0 aliphatic carbocycles. The van der Waals surface area contributed by atoms with Gasteiger partial charge < -0.3 is 14.7 Å². The molecular formula is C14H23NO4. The van der Waals surface area contributed by atoms with Crippen LogP contribution in [0.2, 0.25) is 0 Å². The maximum Gasteiger partial charge on any atom is 0.303 e. The van der Waals surface area contributed by atoms with Crippen LogP contribution in [0.3, 0.4) is 0 Å². The average molecular weight is 269 g/mol. The van der Waals surface area contributed by atoms with Gasteiger partial charge in [-0.05, 0) is 44.4 Å². The van der Waals surface area contributed by atoms with Crippen molar-refractivity contribution in [1.82, 2.24) is 4.90 Å². The molecular weight excluding hydrogens is 246 g/mol. The van der Waals surface area contributed by atoms with E-state index in [0.29, 0.717) is 12.5 Å². The molecule has 0 aromatic rings. The first-order chi connectivity index (χ1) is 9.16. The normalized spacial score (nSPS) is 25.3. The van der Waals surface area contributed by atoms with Crippen LogP contribution in [-0.4, -0.2) is 47.7 Å². The summed E-state index contributed by atoms with van der Waals surface area (Å²) in [6, 6.07) is 0. The van der Waals surface area contributed by atoms with Crippen molar-refractivity contribution < 1.29 is 19.4 Å². The predicted octanol–water partition coefficient (Wildman–Crippen LogP) is 1.66. The zero-order valence-electron chi connectivity index (χ0n) is 11.3. The third-order valence-corrected chi connectivity index (χ3v) is 4.15. The quantitative estimate of drug-likeness (QED) is 0.843. The number of likely N-dealkylation sites (tertiary alicyclic amines) is 1. The SMILES string of the molecule is O=C(O)CCC1CCN(C(=O)C2CCCCO2)CC1. The highest BCUT2D eigenvalue weighted by atomic mass is 16.5. The first kappa shape index (κ1) is 14.3. The third kappa shape index (κ3) is 4.20. The summed E-state index contributed by atoms with van der Waals surface area (Å²) in [6.45, 7) is 2.21. The van der Waals surface area contributed by atoms with E-state index in [1.54, 1.807) is 0 Å². The lowest BCUT2D eigenvalue weighted by atomic mass is 9.92. The van der Waals surface area contributed by atoms with E-state index in [1.165, 1.54) is 0 Å². The Morgan fingerprint density at radius 1 is 1.16 bits per heavy atom. The van der Waals surface area contributed by atoms with Gasteiger partial charge in [0.15, 0.2) is 0 Å². The highest BCUT2D eigenvalue weighted by Crippen LogP contribution is 2.24. The molecule has 0 saturated carbocycles. The molecule has 19 heavy (non-hydrogen) atoms. The third-order valence-electron chi connectivity index (χ3n) is 4.15. The molecule has 2 heterocycles. The van der Waals surface area contributed by atoms with Gasteiger partial charge >= 0.3 is 5.97 Å². The minimum Gasteiger partial charge on any atom is -0.481 e. The molecule has 5 nitrogen and oxygen atoms in total. The molecule has 1 unspecified atom stereocenters. The zero-order chi connectivity index (χ0) is 13.7. The summed E-state index contributed by atoms with van der Waals surface area (Å²) in [7, 11) is 0. The molecule has 5 heteroatoms. The van der Waals surface area contributed by atoms with Crippen LogP contribution < -0.4 is 0 Å². The van der Waals surface area contributed by atoms with E-state index in [2.05, 4.69) is 0 Å². The van der Waals surface area contributed by atoms with E-state index >= 15 is 0 Å². The van der Waals surface area contributed by atoms with Gasteiger partial charge in [-0.25, -0.2) is 0 Å². The molecule has 0 aromatic heterocycles. The number of ether oxygens (including phenoxy) is 1.